The number of carbonyl (C=O) groups excluding carboxylic acids is 3. The van der Waals surface area contributed by atoms with Crippen LogP contribution in [0.5, 0.6) is 0 Å². The average molecular weight is 423 g/mol. The molecule has 7 nitrogen and oxygen atoms in total. The van der Waals surface area contributed by atoms with Crippen molar-refractivity contribution in [2.45, 2.75) is 12.8 Å². The second-order valence-electron chi connectivity index (χ2n) is 7.07. The van der Waals surface area contributed by atoms with Crippen molar-refractivity contribution in [1.29, 1.82) is 0 Å². The normalized spacial score (nSPS) is 16.1. The number of piperidine rings is 1. The number of hydrogen-bond acceptors (Lipinski definition) is 5. The molecule has 4 rings (SSSR count). The van der Waals surface area contributed by atoms with E-state index in [9.17, 15) is 14.4 Å². The Morgan fingerprint density at radius 2 is 1.87 bits per heavy atom. The summed E-state index contributed by atoms with van der Waals surface area (Å²) in [6, 6.07) is 13.8. The minimum Gasteiger partial charge on any atom is -0.459 e. The van der Waals surface area contributed by atoms with Gasteiger partial charge in [-0.15, -0.1) is 11.3 Å². The van der Waals surface area contributed by atoms with Crippen molar-refractivity contribution in [3.63, 3.8) is 0 Å². The standard InChI is InChI=1S/C22H21N3O4S/c26-20(15-5-2-10-25(14-15)22(28)19-9-4-12-30-19)23-16-6-1-7-17(13-16)24-21(27)18-8-3-11-29-18/h1,3-4,6-9,11-13,15H,2,5,10,14H2,(H,23,26)(H,24,27)/t15-/m0/s1. The molecular weight excluding hydrogens is 402 g/mol. The summed E-state index contributed by atoms with van der Waals surface area (Å²) in [4.78, 5) is 39.9. The molecule has 1 fully saturated rings. The van der Waals surface area contributed by atoms with E-state index in [-0.39, 0.29) is 29.4 Å². The van der Waals surface area contributed by atoms with Crippen molar-refractivity contribution in [1.82, 2.24) is 4.90 Å². The second-order valence-corrected chi connectivity index (χ2v) is 8.02. The van der Waals surface area contributed by atoms with Gasteiger partial charge in [0.15, 0.2) is 5.76 Å². The number of benzene rings is 1. The lowest BCUT2D eigenvalue weighted by atomic mass is 9.97. The highest BCUT2D eigenvalue weighted by atomic mass is 32.1. The first-order valence-corrected chi connectivity index (χ1v) is 10.6. The quantitative estimate of drug-likeness (QED) is 0.647. The van der Waals surface area contributed by atoms with E-state index in [4.69, 9.17) is 4.42 Å². The lowest BCUT2D eigenvalue weighted by molar-refractivity contribution is -0.121. The molecule has 0 saturated carbocycles. The maximum Gasteiger partial charge on any atom is 0.291 e. The summed E-state index contributed by atoms with van der Waals surface area (Å²) in [7, 11) is 0. The van der Waals surface area contributed by atoms with Crippen molar-refractivity contribution in [2.24, 2.45) is 5.92 Å². The van der Waals surface area contributed by atoms with Crippen molar-refractivity contribution < 1.29 is 18.8 Å². The Kier molecular flexibility index (Phi) is 5.94. The molecule has 1 aliphatic rings. The van der Waals surface area contributed by atoms with E-state index in [0.717, 1.165) is 12.8 Å². The van der Waals surface area contributed by atoms with Crippen molar-refractivity contribution in [3.05, 3.63) is 70.8 Å². The van der Waals surface area contributed by atoms with Crippen LogP contribution in [-0.4, -0.2) is 35.7 Å². The zero-order chi connectivity index (χ0) is 20.9. The molecule has 0 spiro atoms. The van der Waals surface area contributed by atoms with Gasteiger partial charge in [-0.05, 0) is 54.6 Å². The molecule has 0 unspecified atom stereocenters. The van der Waals surface area contributed by atoms with Gasteiger partial charge in [0.1, 0.15) is 0 Å². The van der Waals surface area contributed by atoms with Crippen LogP contribution in [0.25, 0.3) is 0 Å². The molecule has 3 aromatic rings. The minimum atomic E-state index is -0.363. The number of anilines is 2. The zero-order valence-electron chi connectivity index (χ0n) is 16.2. The lowest BCUT2D eigenvalue weighted by Gasteiger charge is -2.31. The maximum absolute atomic E-state index is 12.8. The number of hydrogen-bond donors (Lipinski definition) is 2. The average Bonchev–Trinajstić information content (AvgIpc) is 3.48. The number of nitrogens with zero attached hydrogens (tertiary/aromatic N) is 1. The summed E-state index contributed by atoms with van der Waals surface area (Å²) >= 11 is 1.41. The van der Waals surface area contributed by atoms with Crippen molar-refractivity contribution >= 4 is 40.4 Å². The third kappa shape index (κ3) is 4.60. The molecule has 154 valence electrons. The van der Waals surface area contributed by atoms with Crippen molar-refractivity contribution in [3.8, 4) is 0 Å². The molecule has 0 radical (unpaired) electrons. The third-order valence-electron chi connectivity index (χ3n) is 4.94. The summed E-state index contributed by atoms with van der Waals surface area (Å²) in [6.45, 7) is 1.06. The van der Waals surface area contributed by atoms with Gasteiger partial charge >= 0.3 is 0 Å². The van der Waals surface area contributed by atoms with Gasteiger partial charge in [-0.1, -0.05) is 12.1 Å². The van der Waals surface area contributed by atoms with Crippen molar-refractivity contribution in [2.75, 3.05) is 23.7 Å². The fraction of sp³-hybridized carbons (Fsp3) is 0.227. The van der Waals surface area contributed by atoms with Gasteiger partial charge in [-0.2, -0.15) is 0 Å². The van der Waals surface area contributed by atoms with E-state index in [2.05, 4.69) is 10.6 Å². The molecule has 1 aromatic carbocycles. The van der Waals surface area contributed by atoms with Crippen LogP contribution in [0.1, 0.15) is 33.1 Å². The number of nitrogens with one attached hydrogen (secondary N) is 2. The number of carbonyl (C=O) groups is 3. The number of thiophene rings is 1. The van der Waals surface area contributed by atoms with E-state index >= 15 is 0 Å². The van der Waals surface area contributed by atoms with Crippen LogP contribution in [0.4, 0.5) is 11.4 Å². The van der Waals surface area contributed by atoms with Gasteiger partial charge in [0.05, 0.1) is 17.1 Å². The van der Waals surface area contributed by atoms with Crippen LogP contribution in [0, 0.1) is 5.92 Å². The first kappa shape index (κ1) is 19.9. The first-order chi connectivity index (χ1) is 14.6. The van der Waals surface area contributed by atoms with E-state index in [1.54, 1.807) is 47.4 Å². The lowest BCUT2D eigenvalue weighted by Crippen LogP contribution is -2.43. The van der Waals surface area contributed by atoms with Crippen LogP contribution in [-0.2, 0) is 4.79 Å². The fourth-order valence-corrected chi connectivity index (χ4v) is 4.14. The molecule has 1 aliphatic heterocycles. The topological polar surface area (TPSA) is 91.7 Å². The predicted octanol–water partition coefficient (Wildman–Crippen LogP) is 4.08. The Balaban J connectivity index is 1.37. The molecule has 1 saturated heterocycles. The summed E-state index contributed by atoms with van der Waals surface area (Å²) in [5, 5.41) is 7.52. The van der Waals surface area contributed by atoms with Gasteiger partial charge < -0.3 is 20.0 Å². The first-order valence-electron chi connectivity index (χ1n) is 9.69. The highest BCUT2D eigenvalue weighted by Crippen LogP contribution is 2.23. The Morgan fingerprint density at radius 1 is 1.03 bits per heavy atom. The summed E-state index contributed by atoms with van der Waals surface area (Å²) in [5.41, 5.74) is 1.13. The third-order valence-corrected chi connectivity index (χ3v) is 5.80. The van der Waals surface area contributed by atoms with Crippen LogP contribution in [0.2, 0.25) is 0 Å². The van der Waals surface area contributed by atoms with Crippen LogP contribution in [0.15, 0.2) is 64.6 Å². The molecule has 0 aliphatic carbocycles. The molecular formula is C22H21N3O4S. The molecule has 0 bridgehead atoms. The molecule has 3 heterocycles. The minimum absolute atomic E-state index is 0.0230. The highest BCUT2D eigenvalue weighted by molar-refractivity contribution is 7.12. The highest BCUT2D eigenvalue weighted by Gasteiger charge is 2.29. The van der Waals surface area contributed by atoms with E-state index < -0.39 is 0 Å². The maximum atomic E-state index is 12.8. The zero-order valence-corrected chi connectivity index (χ0v) is 17.0. The number of amides is 3. The Hall–Kier alpha value is -3.39. The summed E-state index contributed by atoms with van der Waals surface area (Å²) < 4.78 is 5.08. The summed E-state index contributed by atoms with van der Waals surface area (Å²) in [5.74, 6) is -0.581. The molecule has 2 N–H and O–H groups in total. The smallest absolute Gasteiger partial charge is 0.291 e. The van der Waals surface area contributed by atoms with Gasteiger partial charge in [0, 0.05) is 24.5 Å². The summed E-state index contributed by atoms with van der Waals surface area (Å²) in [6.07, 6.45) is 2.95. The molecule has 3 amide bonds. The monoisotopic (exact) mass is 423 g/mol. The predicted molar refractivity (Wildman–Crippen MR) is 115 cm³/mol. The van der Waals surface area contributed by atoms with Gasteiger partial charge in [0.2, 0.25) is 5.91 Å². The fourth-order valence-electron chi connectivity index (χ4n) is 3.45. The van der Waals surface area contributed by atoms with Gasteiger partial charge in [-0.3, -0.25) is 14.4 Å². The molecule has 30 heavy (non-hydrogen) atoms. The molecule has 1 atom stereocenters. The number of rotatable bonds is 5. The van der Waals surface area contributed by atoms with Gasteiger partial charge in [-0.25, -0.2) is 0 Å². The largest absolute Gasteiger partial charge is 0.459 e. The Labute approximate surface area is 177 Å². The van der Waals surface area contributed by atoms with E-state index in [1.807, 2.05) is 11.4 Å². The van der Waals surface area contributed by atoms with E-state index in [0.29, 0.717) is 29.3 Å². The molecule has 8 heteroatoms. The van der Waals surface area contributed by atoms with Crippen LogP contribution in [0.3, 0.4) is 0 Å². The Morgan fingerprint density at radius 3 is 2.60 bits per heavy atom. The van der Waals surface area contributed by atoms with Crippen LogP contribution >= 0.6 is 11.3 Å². The molecule has 2 aromatic heterocycles. The number of likely N-dealkylation sites (tertiary alicyclic amines) is 1. The second kappa shape index (κ2) is 8.96. The SMILES string of the molecule is O=C(Nc1cccc(NC(=O)[C@H]2CCCN(C(=O)c3cccs3)C2)c1)c1ccco1. The van der Waals surface area contributed by atoms with E-state index in [1.165, 1.54) is 17.6 Å². The Bertz CT molecular complexity index is 1030. The van der Waals surface area contributed by atoms with Gasteiger partial charge in [0.25, 0.3) is 11.8 Å². The van der Waals surface area contributed by atoms with Crippen LogP contribution < -0.4 is 10.6 Å². The number of furan rings is 1.